The Balaban J connectivity index is 2.42. The molecule has 0 saturated heterocycles. The van der Waals surface area contributed by atoms with Crippen LogP contribution in [0.25, 0.3) is 0 Å². The maximum atomic E-state index is 2.42. The predicted octanol–water partition coefficient (Wildman–Crippen LogP) is 6.05. The molecular weight excluding hydrogens is 252 g/mol. The van der Waals surface area contributed by atoms with Crippen molar-refractivity contribution in [1.82, 2.24) is 0 Å². The molecule has 2 rings (SSSR count). The Morgan fingerprint density at radius 3 is 2.29 bits per heavy atom. The smallest absolute Gasteiger partial charge is 0.00894 e. The molecule has 1 unspecified atom stereocenters. The van der Waals surface area contributed by atoms with Gasteiger partial charge in [0.25, 0.3) is 0 Å². The summed E-state index contributed by atoms with van der Waals surface area (Å²) in [5.41, 5.74) is 7.30. The number of hydrogen-bond acceptors (Lipinski definition) is 0. The molecule has 2 aromatic rings. The van der Waals surface area contributed by atoms with Crippen molar-refractivity contribution in [3.63, 3.8) is 0 Å². The second kappa shape index (κ2) is 7.45. The van der Waals surface area contributed by atoms with E-state index in [2.05, 4.69) is 70.2 Å². The van der Waals surface area contributed by atoms with E-state index in [-0.39, 0.29) is 0 Å². The third kappa shape index (κ3) is 3.75. The zero-order valence-corrected chi connectivity index (χ0v) is 13.9. The third-order valence-corrected chi connectivity index (χ3v) is 4.50. The van der Waals surface area contributed by atoms with Gasteiger partial charge in [-0.1, -0.05) is 69.7 Å². The second-order valence-electron chi connectivity index (χ2n) is 5.98. The highest BCUT2D eigenvalue weighted by Gasteiger charge is 2.14. The Labute approximate surface area is 130 Å². The Morgan fingerprint density at radius 1 is 0.857 bits per heavy atom. The molecule has 112 valence electrons. The highest BCUT2D eigenvalue weighted by Crippen LogP contribution is 2.31. The molecule has 0 heterocycles. The highest BCUT2D eigenvalue weighted by atomic mass is 14.2. The molecule has 0 nitrogen and oxygen atoms in total. The van der Waals surface area contributed by atoms with E-state index in [0.717, 1.165) is 12.8 Å². The summed E-state index contributed by atoms with van der Waals surface area (Å²) in [6, 6.07) is 16.2. The van der Waals surface area contributed by atoms with Gasteiger partial charge >= 0.3 is 0 Å². The lowest BCUT2D eigenvalue weighted by atomic mass is 9.85. The van der Waals surface area contributed by atoms with Crippen molar-refractivity contribution in [2.45, 2.75) is 59.3 Å². The highest BCUT2D eigenvalue weighted by molar-refractivity contribution is 5.39. The van der Waals surface area contributed by atoms with E-state index in [4.69, 9.17) is 0 Å². The van der Waals surface area contributed by atoms with Crippen LogP contribution in [-0.4, -0.2) is 0 Å². The van der Waals surface area contributed by atoms with Crippen LogP contribution in [0, 0.1) is 6.92 Å². The van der Waals surface area contributed by atoms with Crippen molar-refractivity contribution in [3.05, 3.63) is 70.3 Å². The molecule has 0 aromatic heterocycles. The average Bonchev–Trinajstić information content (AvgIpc) is 2.53. The summed E-state index contributed by atoms with van der Waals surface area (Å²) in [5.74, 6) is 0.535. The van der Waals surface area contributed by atoms with Crippen molar-refractivity contribution in [3.8, 4) is 0 Å². The minimum absolute atomic E-state index is 0.535. The van der Waals surface area contributed by atoms with Gasteiger partial charge < -0.3 is 0 Å². The van der Waals surface area contributed by atoms with E-state index in [0.29, 0.717) is 5.92 Å². The molecule has 0 bridgehead atoms. The molecule has 0 N–H and O–H groups in total. The Bertz CT molecular complexity index is 580. The first-order valence-corrected chi connectivity index (χ1v) is 8.37. The number of benzene rings is 2. The molecule has 0 fully saturated rings. The lowest BCUT2D eigenvalue weighted by Gasteiger charge is -2.20. The average molecular weight is 280 g/mol. The predicted molar refractivity (Wildman–Crippen MR) is 93.1 cm³/mol. The first-order valence-electron chi connectivity index (χ1n) is 8.37. The zero-order valence-electron chi connectivity index (χ0n) is 13.9. The maximum absolute atomic E-state index is 2.42. The summed E-state index contributed by atoms with van der Waals surface area (Å²) in [6.07, 6.45) is 4.67. The minimum Gasteiger partial charge on any atom is -0.0653 e. The van der Waals surface area contributed by atoms with E-state index >= 15 is 0 Å². The molecule has 0 radical (unpaired) electrons. The van der Waals surface area contributed by atoms with Crippen LogP contribution >= 0.6 is 0 Å². The van der Waals surface area contributed by atoms with Crippen LogP contribution in [0.4, 0.5) is 0 Å². The molecule has 0 amide bonds. The molecule has 0 spiro atoms. The Hall–Kier alpha value is -1.56. The summed E-state index contributed by atoms with van der Waals surface area (Å²) >= 11 is 0. The lowest BCUT2D eigenvalue weighted by molar-refractivity contribution is 0.696. The summed E-state index contributed by atoms with van der Waals surface area (Å²) in [5, 5.41) is 0. The summed E-state index contributed by atoms with van der Waals surface area (Å²) in [6.45, 7) is 8.98. The van der Waals surface area contributed by atoms with Crippen molar-refractivity contribution in [1.29, 1.82) is 0 Å². The summed E-state index contributed by atoms with van der Waals surface area (Å²) in [4.78, 5) is 0. The SMILES string of the molecule is CCCC(c1cccc(CC)c1)c1ccc(C)c(CC)c1. The first kappa shape index (κ1) is 15.8. The quantitative estimate of drug-likeness (QED) is 0.604. The van der Waals surface area contributed by atoms with Gasteiger partial charge in [0.15, 0.2) is 0 Å². The van der Waals surface area contributed by atoms with Crippen LogP contribution in [0.2, 0.25) is 0 Å². The Kier molecular flexibility index (Phi) is 5.61. The van der Waals surface area contributed by atoms with Crippen molar-refractivity contribution in [2.24, 2.45) is 0 Å². The molecule has 0 aliphatic carbocycles. The molecule has 0 aliphatic heterocycles. The molecule has 21 heavy (non-hydrogen) atoms. The fraction of sp³-hybridized carbons (Fsp3) is 0.429. The van der Waals surface area contributed by atoms with Crippen molar-refractivity contribution >= 4 is 0 Å². The second-order valence-corrected chi connectivity index (χ2v) is 5.98. The minimum atomic E-state index is 0.535. The number of hydrogen-bond donors (Lipinski definition) is 0. The van der Waals surface area contributed by atoms with Gasteiger partial charge in [-0.05, 0) is 54.0 Å². The van der Waals surface area contributed by atoms with Gasteiger partial charge in [-0.3, -0.25) is 0 Å². The van der Waals surface area contributed by atoms with Crippen LogP contribution in [0.5, 0.6) is 0 Å². The third-order valence-electron chi connectivity index (χ3n) is 4.50. The van der Waals surface area contributed by atoms with Crippen LogP contribution in [0.3, 0.4) is 0 Å². The first-order chi connectivity index (χ1) is 10.2. The normalized spacial score (nSPS) is 12.4. The molecule has 0 aliphatic rings. The van der Waals surface area contributed by atoms with Gasteiger partial charge in [-0.15, -0.1) is 0 Å². The van der Waals surface area contributed by atoms with Crippen molar-refractivity contribution in [2.75, 3.05) is 0 Å². The fourth-order valence-corrected chi connectivity index (χ4v) is 3.13. The van der Waals surface area contributed by atoms with E-state index in [1.807, 2.05) is 0 Å². The van der Waals surface area contributed by atoms with Gasteiger partial charge in [0.1, 0.15) is 0 Å². The Morgan fingerprint density at radius 2 is 1.62 bits per heavy atom. The van der Waals surface area contributed by atoms with Gasteiger partial charge in [-0.2, -0.15) is 0 Å². The summed E-state index contributed by atoms with van der Waals surface area (Å²) < 4.78 is 0. The van der Waals surface area contributed by atoms with Crippen LogP contribution in [-0.2, 0) is 12.8 Å². The standard InChI is InChI=1S/C21H28/c1-5-9-21(19-11-8-10-17(6-2)14-19)20-13-12-16(4)18(7-3)15-20/h8,10-15,21H,5-7,9H2,1-4H3. The molecular formula is C21H28. The summed E-state index contributed by atoms with van der Waals surface area (Å²) in [7, 11) is 0. The number of aryl methyl sites for hydroxylation is 3. The monoisotopic (exact) mass is 280 g/mol. The zero-order chi connectivity index (χ0) is 15.2. The van der Waals surface area contributed by atoms with Crippen LogP contribution < -0.4 is 0 Å². The topological polar surface area (TPSA) is 0 Å². The van der Waals surface area contributed by atoms with Crippen molar-refractivity contribution < 1.29 is 0 Å². The molecule has 1 atom stereocenters. The molecule has 0 heteroatoms. The van der Waals surface area contributed by atoms with E-state index in [9.17, 15) is 0 Å². The van der Waals surface area contributed by atoms with E-state index in [1.54, 1.807) is 0 Å². The van der Waals surface area contributed by atoms with Gasteiger partial charge in [-0.25, -0.2) is 0 Å². The molecule has 2 aromatic carbocycles. The molecule has 0 saturated carbocycles. The van der Waals surface area contributed by atoms with E-state index < -0.39 is 0 Å². The van der Waals surface area contributed by atoms with Gasteiger partial charge in [0.05, 0.1) is 0 Å². The fourth-order valence-electron chi connectivity index (χ4n) is 3.13. The maximum Gasteiger partial charge on any atom is 0.00894 e. The number of rotatable bonds is 6. The van der Waals surface area contributed by atoms with Gasteiger partial charge in [0.2, 0.25) is 0 Å². The largest absolute Gasteiger partial charge is 0.0653 e. The van der Waals surface area contributed by atoms with E-state index in [1.165, 1.54) is 40.7 Å². The van der Waals surface area contributed by atoms with Gasteiger partial charge in [0, 0.05) is 5.92 Å². The van der Waals surface area contributed by atoms with Crippen LogP contribution in [0.1, 0.15) is 67.3 Å². The van der Waals surface area contributed by atoms with Crippen LogP contribution in [0.15, 0.2) is 42.5 Å². The lowest BCUT2D eigenvalue weighted by Crippen LogP contribution is -2.03.